The number of ether oxygens (including phenoxy) is 2. The summed E-state index contributed by atoms with van der Waals surface area (Å²) in [7, 11) is 2.73. The fourth-order valence-corrected chi connectivity index (χ4v) is 3.41. The van der Waals surface area contributed by atoms with Crippen molar-refractivity contribution in [2.45, 2.75) is 86.6 Å². The SMILES string of the molecule is CC[C@H](NCC(CC(=O)OC)CC(C)(C)C)C(N)=O.COC(=O)CC(C=O)CC(C)(C)C.S. The Hall–Kier alpha value is -1.61. The maximum Gasteiger partial charge on any atom is 0.306 e. The summed E-state index contributed by atoms with van der Waals surface area (Å²) in [5, 5.41) is 3.14. The quantitative estimate of drug-likeness (QED) is 0.316. The van der Waals surface area contributed by atoms with Crippen molar-refractivity contribution >= 4 is 37.6 Å². The van der Waals surface area contributed by atoms with Crippen LogP contribution in [-0.2, 0) is 28.7 Å². The van der Waals surface area contributed by atoms with Gasteiger partial charge in [0.15, 0.2) is 0 Å². The van der Waals surface area contributed by atoms with E-state index in [1.165, 1.54) is 14.2 Å². The number of hydrogen-bond acceptors (Lipinski definition) is 7. The number of carbonyl (C=O) groups excluding carboxylic acids is 4. The van der Waals surface area contributed by atoms with Crippen LogP contribution < -0.4 is 11.1 Å². The standard InChI is InChI=1S/C14H28N2O3.C10H18O3.H2S/c1-6-11(13(15)18)16-9-10(7-12(17)19-5)8-14(2,3)4;1-10(2,3)6-8(7-11)5-9(12)13-4;/h10-11,16H,6-9H2,1-5H3,(H2,15,18);7-8H,5-6H2,1-4H3;1H2/t10?,11-;;/m0../s1. The molecule has 0 rings (SSSR count). The molecule has 9 heteroatoms. The van der Waals surface area contributed by atoms with E-state index in [9.17, 15) is 19.2 Å². The molecule has 0 aliphatic carbocycles. The Bertz CT molecular complexity index is 584. The minimum absolute atomic E-state index is 0. The largest absolute Gasteiger partial charge is 0.469 e. The molecule has 0 aliphatic heterocycles. The van der Waals surface area contributed by atoms with Crippen molar-refractivity contribution in [3.63, 3.8) is 0 Å². The monoisotopic (exact) mass is 492 g/mol. The van der Waals surface area contributed by atoms with Crippen molar-refractivity contribution in [3.8, 4) is 0 Å². The van der Waals surface area contributed by atoms with Gasteiger partial charge in [-0.15, -0.1) is 0 Å². The molecule has 0 fully saturated rings. The third kappa shape index (κ3) is 22.0. The van der Waals surface area contributed by atoms with Gasteiger partial charge in [-0.3, -0.25) is 14.4 Å². The van der Waals surface area contributed by atoms with Crippen LogP contribution in [0.5, 0.6) is 0 Å². The van der Waals surface area contributed by atoms with E-state index >= 15 is 0 Å². The summed E-state index contributed by atoms with van der Waals surface area (Å²) in [5.74, 6) is -0.965. The molecule has 0 heterocycles. The van der Waals surface area contributed by atoms with Crippen molar-refractivity contribution in [1.82, 2.24) is 5.32 Å². The van der Waals surface area contributed by atoms with Crippen LogP contribution in [0.3, 0.4) is 0 Å². The lowest BCUT2D eigenvalue weighted by atomic mass is 9.83. The summed E-state index contributed by atoms with van der Waals surface area (Å²) < 4.78 is 9.22. The van der Waals surface area contributed by atoms with Gasteiger partial charge in [0.2, 0.25) is 5.91 Å². The van der Waals surface area contributed by atoms with Gasteiger partial charge in [-0.05, 0) is 42.6 Å². The van der Waals surface area contributed by atoms with Gasteiger partial charge < -0.3 is 25.3 Å². The molecule has 3 atom stereocenters. The number of aldehydes is 1. The summed E-state index contributed by atoms with van der Waals surface area (Å²) in [6.07, 6.45) is 3.63. The molecular weight excluding hydrogens is 444 g/mol. The minimum Gasteiger partial charge on any atom is -0.469 e. The molecule has 0 radical (unpaired) electrons. The van der Waals surface area contributed by atoms with Gasteiger partial charge in [0.1, 0.15) is 6.29 Å². The average Bonchev–Trinajstić information content (AvgIpc) is 2.65. The number of rotatable bonds is 12. The van der Waals surface area contributed by atoms with E-state index in [1.54, 1.807) is 0 Å². The van der Waals surface area contributed by atoms with Gasteiger partial charge in [0.05, 0.1) is 26.7 Å². The zero-order chi connectivity index (χ0) is 25.5. The van der Waals surface area contributed by atoms with Gasteiger partial charge in [0.25, 0.3) is 0 Å². The van der Waals surface area contributed by atoms with E-state index in [2.05, 4.69) is 30.8 Å². The van der Waals surface area contributed by atoms with Crippen molar-refractivity contribution in [3.05, 3.63) is 0 Å². The van der Waals surface area contributed by atoms with E-state index < -0.39 is 0 Å². The molecule has 3 N–H and O–H groups in total. The number of esters is 2. The third-order valence-corrected chi connectivity index (χ3v) is 4.71. The number of carbonyl (C=O) groups is 4. The lowest BCUT2D eigenvalue weighted by molar-refractivity contribution is -0.143. The zero-order valence-electron chi connectivity index (χ0n) is 22.1. The highest BCUT2D eigenvalue weighted by molar-refractivity contribution is 7.59. The number of nitrogens with one attached hydrogen (secondary N) is 1. The van der Waals surface area contributed by atoms with Crippen LogP contribution in [-0.4, -0.2) is 50.9 Å². The number of primary amides is 1. The maximum atomic E-state index is 11.4. The Balaban J connectivity index is -0.000000566. The topological polar surface area (TPSA) is 125 Å². The van der Waals surface area contributed by atoms with Crippen molar-refractivity contribution in [2.75, 3.05) is 20.8 Å². The molecule has 2 unspecified atom stereocenters. The molecule has 196 valence electrons. The molecule has 0 aliphatic rings. The Kier molecular flexibility index (Phi) is 19.4. The van der Waals surface area contributed by atoms with Crippen LogP contribution in [0.1, 0.15) is 80.6 Å². The second-order valence-corrected chi connectivity index (χ2v) is 10.6. The maximum absolute atomic E-state index is 11.4. The average molecular weight is 493 g/mol. The first kappa shape index (κ1) is 36.0. The molecule has 1 amide bonds. The highest BCUT2D eigenvalue weighted by Crippen LogP contribution is 2.26. The molecule has 8 nitrogen and oxygen atoms in total. The van der Waals surface area contributed by atoms with Crippen LogP contribution in [0.25, 0.3) is 0 Å². The lowest BCUT2D eigenvalue weighted by Crippen LogP contribution is -2.43. The normalized spacial score (nSPS) is 13.8. The minimum atomic E-state index is -0.352. The highest BCUT2D eigenvalue weighted by atomic mass is 32.1. The van der Waals surface area contributed by atoms with E-state index in [4.69, 9.17) is 10.5 Å². The fraction of sp³-hybridized carbons (Fsp3) is 0.833. The Morgan fingerprint density at radius 1 is 0.909 bits per heavy atom. The van der Waals surface area contributed by atoms with Crippen LogP contribution in [0.15, 0.2) is 0 Å². The second kappa shape index (κ2) is 17.8. The van der Waals surface area contributed by atoms with Gasteiger partial charge in [-0.25, -0.2) is 0 Å². The zero-order valence-corrected chi connectivity index (χ0v) is 23.1. The predicted molar refractivity (Wildman–Crippen MR) is 136 cm³/mol. The van der Waals surface area contributed by atoms with Crippen molar-refractivity contribution in [1.29, 1.82) is 0 Å². The number of methoxy groups -OCH3 is 2. The second-order valence-electron chi connectivity index (χ2n) is 10.6. The summed E-state index contributed by atoms with van der Waals surface area (Å²) in [5.41, 5.74) is 5.48. The molecule has 0 aromatic carbocycles. The molecule has 0 saturated carbocycles. The first-order chi connectivity index (χ1) is 14.6. The number of amides is 1. The summed E-state index contributed by atoms with van der Waals surface area (Å²) in [4.78, 5) is 44.1. The fourth-order valence-electron chi connectivity index (χ4n) is 3.41. The van der Waals surface area contributed by atoms with Crippen molar-refractivity contribution < 1.29 is 28.7 Å². The molecule has 0 aromatic rings. The molecular formula is C24H48N2O6S. The van der Waals surface area contributed by atoms with Crippen LogP contribution in [0, 0.1) is 22.7 Å². The van der Waals surface area contributed by atoms with Crippen molar-refractivity contribution in [2.24, 2.45) is 28.4 Å². The van der Waals surface area contributed by atoms with Gasteiger partial charge in [-0.1, -0.05) is 48.5 Å². The Morgan fingerprint density at radius 3 is 1.70 bits per heavy atom. The van der Waals surface area contributed by atoms with Gasteiger partial charge in [-0.2, -0.15) is 13.5 Å². The third-order valence-electron chi connectivity index (χ3n) is 4.71. The molecule has 0 bridgehead atoms. The number of nitrogens with two attached hydrogens (primary N) is 1. The molecule has 0 saturated heterocycles. The molecule has 33 heavy (non-hydrogen) atoms. The van der Waals surface area contributed by atoms with E-state index in [1.807, 2.05) is 27.7 Å². The predicted octanol–water partition coefficient (Wildman–Crippen LogP) is 3.37. The van der Waals surface area contributed by atoms with Crippen LogP contribution in [0.4, 0.5) is 0 Å². The van der Waals surface area contributed by atoms with Gasteiger partial charge >= 0.3 is 11.9 Å². The van der Waals surface area contributed by atoms with Crippen LogP contribution >= 0.6 is 13.5 Å². The first-order valence-electron chi connectivity index (χ1n) is 11.2. The summed E-state index contributed by atoms with van der Waals surface area (Å²) in [6.45, 7) is 15.0. The first-order valence-corrected chi connectivity index (χ1v) is 11.2. The lowest BCUT2D eigenvalue weighted by Gasteiger charge is -2.26. The Morgan fingerprint density at radius 2 is 1.36 bits per heavy atom. The summed E-state index contributed by atoms with van der Waals surface area (Å²) in [6, 6.07) is -0.333. The Labute approximate surface area is 207 Å². The van der Waals surface area contributed by atoms with E-state index in [-0.39, 0.29) is 66.5 Å². The molecule has 0 aromatic heterocycles. The van der Waals surface area contributed by atoms with Gasteiger partial charge in [0, 0.05) is 12.3 Å². The smallest absolute Gasteiger partial charge is 0.306 e. The number of hydrogen-bond donors (Lipinski definition) is 2. The highest BCUT2D eigenvalue weighted by Gasteiger charge is 2.23. The van der Waals surface area contributed by atoms with E-state index in [0.29, 0.717) is 25.8 Å². The van der Waals surface area contributed by atoms with E-state index in [0.717, 1.165) is 12.7 Å². The molecule has 0 spiro atoms. The summed E-state index contributed by atoms with van der Waals surface area (Å²) >= 11 is 0. The van der Waals surface area contributed by atoms with Crippen LogP contribution in [0.2, 0.25) is 0 Å².